The number of benzene rings is 1. The lowest BCUT2D eigenvalue weighted by atomic mass is 10.1. The average molecular weight is 309 g/mol. The van der Waals surface area contributed by atoms with Crippen molar-refractivity contribution in [3.8, 4) is 11.8 Å². The standard InChI is InChI=1S/C18H19N3O2/c1-3-14-4-6-15(7-5-14)12-21(2)18(22)13-23-17-8-16(9-19)10-20-11-17/h4-8,10-11H,3,12-13H2,1-2H3. The Morgan fingerprint density at radius 1 is 1.26 bits per heavy atom. The summed E-state index contributed by atoms with van der Waals surface area (Å²) in [6.45, 7) is 2.56. The van der Waals surface area contributed by atoms with Crippen LogP contribution in [0.3, 0.4) is 0 Å². The number of hydrogen-bond acceptors (Lipinski definition) is 4. The Morgan fingerprint density at radius 3 is 2.61 bits per heavy atom. The summed E-state index contributed by atoms with van der Waals surface area (Å²) < 4.78 is 5.40. The van der Waals surface area contributed by atoms with Gasteiger partial charge in [-0.25, -0.2) is 0 Å². The lowest BCUT2D eigenvalue weighted by molar-refractivity contribution is -0.132. The molecule has 118 valence electrons. The van der Waals surface area contributed by atoms with E-state index in [9.17, 15) is 4.79 Å². The van der Waals surface area contributed by atoms with Crippen molar-refractivity contribution >= 4 is 5.91 Å². The van der Waals surface area contributed by atoms with E-state index in [1.54, 1.807) is 18.0 Å². The molecule has 0 radical (unpaired) electrons. The lowest BCUT2D eigenvalue weighted by Crippen LogP contribution is -2.30. The topological polar surface area (TPSA) is 66.2 Å². The largest absolute Gasteiger partial charge is 0.482 e. The van der Waals surface area contributed by atoms with Crippen LogP contribution in [-0.4, -0.2) is 29.4 Å². The summed E-state index contributed by atoms with van der Waals surface area (Å²) in [7, 11) is 1.74. The number of aromatic nitrogens is 1. The first-order valence-electron chi connectivity index (χ1n) is 7.42. The van der Waals surface area contributed by atoms with Crippen LogP contribution in [0.5, 0.6) is 5.75 Å². The van der Waals surface area contributed by atoms with E-state index in [0.29, 0.717) is 17.9 Å². The number of nitrogens with zero attached hydrogens (tertiary/aromatic N) is 3. The number of carbonyl (C=O) groups excluding carboxylic acids is 1. The van der Waals surface area contributed by atoms with E-state index < -0.39 is 0 Å². The van der Waals surface area contributed by atoms with Crippen LogP contribution in [0.1, 0.15) is 23.6 Å². The summed E-state index contributed by atoms with van der Waals surface area (Å²) in [5.41, 5.74) is 2.75. The van der Waals surface area contributed by atoms with Crippen molar-refractivity contribution in [1.82, 2.24) is 9.88 Å². The summed E-state index contributed by atoms with van der Waals surface area (Å²) in [5, 5.41) is 8.81. The highest BCUT2D eigenvalue weighted by Crippen LogP contribution is 2.11. The van der Waals surface area contributed by atoms with Crippen molar-refractivity contribution in [1.29, 1.82) is 5.26 Å². The molecule has 23 heavy (non-hydrogen) atoms. The highest BCUT2D eigenvalue weighted by atomic mass is 16.5. The van der Waals surface area contributed by atoms with Gasteiger partial charge in [0.25, 0.3) is 5.91 Å². The normalized spacial score (nSPS) is 9.96. The number of hydrogen-bond donors (Lipinski definition) is 0. The zero-order chi connectivity index (χ0) is 16.7. The SMILES string of the molecule is CCc1ccc(CN(C)C(=O)COc2cncc(C#N)c2)cc1. The summed E-state index contributed by atoms with van der Waals surface area (Å²) in [4.78, 5) is 17.6. The minimum atomic E-state index is -0.132. The smallest absolute Gasteiger partial charge is 0.260 e. The fourth-order valence-corrected chi connectivity index (χ4v) is 2.06. The Labute approximate surface area is 136 Å². The first kappa shape index (κ1) is 16.5. The third kappa shape index (κ3) is 4.82. The second-order valence-electron chi connectivity index (χ2n) is 5.23. The number of amides is 1. The summed E-state index contributed by atoms with van der Waals surface area (Å²) >= 11 is 0. The number of nitriles is 1. The Hall–Kier alpha value is -2.87. The van der Waals surface area contributed by atoms with Gasteiger partial charge in [-0.05, 0) is 17.5 Å². The molecular formula is C18H19N3O2. The highest BCUT2D eigenvalue weighted by Gasteiger charge is 2.10. The second-order valence-corrected chi connectivity index (χ2v) is 5.23. The van der Waals surface area contributed by atoms with Crippen molar-refractivity contribution in [3.63, 3.8) is 0 Å². The van der Waals surface area contributed by atoms with Gasteiger partial charge in [-0.3, -0.25) is 9.78 Å². The Balaban J connectivity index is 1.88. The molecule has 5 heteroatoms. The molecule has 0 bridgehead atoms. The van der Waals surface area contributed by atoms with Crippen molar-refractivity contribution in [2.75, 3.05) is 13.7 Å². The van der Waals surface area contributed by atoms with Gasteiger partial charge >= 0.3 is 0 Å². The molecule has 0 saturated carbocycles. The van der Waals surface area contributed by atoms with E-state index in [1.807, 2.05) is 18.2 Å². The van der Waals surface area contributed by atoms with E-state index in [2.05, 4.69) is 24.0 Å². The van der Waals surface area contributed by atoms with Gasteiger partial charge in [0.15, 0.2) is 6.61 Å². The number of aryl methyl sites for hydroxylation is 1. The van der Waals surface area contributed by atoms with Crippen molar-refractivity contribution < 1.29 is 9.53 Å². The van der Waals surface area contributed by atoms with Crippen LogP contribution >= 0.6 is 0 Å². The minimum Gasteiger partial charge on any atom is -0.482 e. The van der Waals surface area contributed by atoms with Gasteiger partial charge in [0.1, 0.15) is 11.8 Å². The molecule has 1 aromatic heterocycles. The van der Waals surface area contributed by atoms with Crippen molar-refractivity contribution in [2.24, 2.45) is 0 Å². The third-order valence-corrected chi connectivity index (χ3v) is 3.48. The molecule has 0 aliphatic heterocycles. The molecule has 1 aromatic carbocycles. The number of pyridine rings is 1. The molecule has 0 spiro atoms. The molecule has 0 N–H and O–H groups in total. The number of carbonyl (C=O) groups is 1. The van der Waals surface area contributed by atoms with Gasteiger partial charge in [-0.2, -0.15) is 5.26 Å². The Bertz CT molecular complexity index is 705. The van der Waals surface area contributed by atoms with E-state index in [-0.39, 0.29) is 12.5 Å². The molecule has 0 saturated heterocycles. The molecule has 0 aliphatic carbocycles. The number of ether oxygens (including phenoxy) is 1. The fourth-order valence-electron chi connectivity index (χ4n) is 2.06. The summed E-state index contributed by atoms with van der Waals surface area (Å²) in [5.74, 6) is 0.282. The van der Waals surface area contributed by atoms with E-state index >= 15 is 0 Å². The number of rotatable bonds is 6. The Morgan fingerprint density at radius 2 is 1.96 bits per heavy atom. The van der Waals surface area contributed by atoms with Crippen LogP contribution in [-0.2, 0) is 17.8 Å². The molecule has 0 fully saturated rings. The van der Waals surface area contributed by atoms with Crippen LogP contribution in [0.15, 0.2) is 42.7 Å². The second kappa shape index (κ2) is 7.95. The molecule has 1 heterocycles. The monoisotopic (exact) mass is 309 g/mol. The highest BCUT2D eigenvalue weighted by molar-refractivity contribution is 5.77. The van der Waals surface area contributed by atoms with Crippen LogP contribution in [0.4, 0.5) is 0 Å². The van der Waals surface area contributed by atoms with Crippen LogP contribution in [0.25, 0.3) is 0 Å². The predicted octanol–water partition coefficient (Wildman–Crippen LogP) is 2.55. The lowest BCUT2D eigenvalue weighted by Gasteiger charge is -2.17. The van der Waals surface area contributed by atoms with Crippen LogP contribution in [0, 0.1) is 11.3 Å². The fraction of sp³-hybridized carbons (Fsp3) is 0.278. The predicted molar refractivity (Wildman–Crippen MR) is 86.7 cm³/mol. The van der Waals surface area contributed by atoms with Gasteiger partial charge < -0.3 is 9.64 Å². The first-order chi connectivity index (χ1) is 11.1. The molecule has 0 unspecified atom stereocenters. The maximum absolute atomic E-state index is 12.1. The molecule has 5 nitrogen and oxygen atoms in total. The van der Waals surface area contributed by atoms with Crippen molar-refractivity contribution in [2.45, 2.75) is 19.9 Å². The molecule has 2 rings (SSSR count). The maximum Gasteiger partial charge on any atom is 0.260 e. The zero-order valence-corrected chi connectivity index (χ0v) is 13.3. The van der Waals surface area contributed by atoms with E-state index in [0.717, 1.165) is 12.0 Å². The van der Waals surface area contributed by atoms with Crippen LogP contribution < -0.4 is 4.74 Å². The van der Waals surface area contributed by atoms with Gasteiger partial charge in [0.2, 0.25) is 0 Å². The molecule has 0 aliphatic rings. The van der Waals surface area contributed by atoms with Crippen LogP contribution in [0.2, 0.25) is 0 Å². The molecular weight excluding hydrogens is 290 g/mol. The van der Waals surface area contributed by atoms with Gasteiger partial charge in [-0.15, -0.1) is 0 Å². The quantitative estimate of drug-likeness (QED) is 0.822. The third-order valence-electron chi connectivity index (χ3n) is 3.48. The van der Waals surface area contributed by atoms with Crippen molar-refractivity contribution in [3.05, 3.63) is 59.4 Å². The first-order valence-corrected chi connectivity index (χ1v) is 7.42. The molecule has 0 atom stereocenters. The van der Waals surface area contributed by atoms with Gasteiger partial charge in [0, 0.05) is 25.9 Å². The summed E-state index contributed by atoms with van der Waals surface area (Å²) in [6.07, 6.45) is 3.93. The summed E-state index contributed by atoms with van der Waals surface area (Å²) in [6, 6.07) is 11.7. The van der Waals surface area contributed by atoms with E-state index in [4.69, 9.17) is 10.00 Å². The molecule has 1 amide bonds. The zero-order valence-electron chi connectivity index (χ0n) is 13.3. The Kier molecular flexibility index (Phi) is 5.70. The van der Waals surface area contributed by atoms with Gasteiger partial charge in [-0.1, -0.05) is 31.2 Å². The molecule has 2 aromatic rings. The van der Waals surface area contributed by atoms with Gasteiger partial charge in [0.05, 0.1) is 11.8 Å². The number of likely N-dealkylation sites (N-methyl/N-ethyl adjacent to an activating group) is 1. The minimum absolute atomic E-state index is 0.0832. The average Bonchev–Trinajstić information content (AvgIpc) is 2.60. The van der Waals surface area contributed by atoms with E-state index in [1.165, 1.54) is 18.0 Å². The maximum atomic E-state index is 12.1.